The van der Waals surface area contributed by atoms with Gasteiger partial charge in [-0.1, -0.05) is 6.07 Å². The lowest BCUT2D eigenvalue weighted by molar-refractivity contribution is -0.0392. The van der Waals surface area contributed by atoms with Crippen molar-refractivity contribution in [1.29, 1.82) is 0 Å². The summed E-state index contributed by atoms with van der Waals surface area (Å²) < 4.78 is 15.1. The number of nitrogens with one attached hydrogen (secondary N) is 1. The van der Waals surface area contributed by atoms with Crippen LogP contribution in [0.3, 0.4) is 0 Å². The topological polar surface area (TPSA) is 66.0 Å². The molecule has 0 unspecified atom stereocenters. The summed E-state index contributed by atoms with van der Waals surface area (Å²) in [6.45, 7) is 0.432. The number of carbonyl (C=O) groups is 1. The lowest BCUT2D eigenvalue weighted by atomic mass is 10.1. The third-order valence-electron chi connectivity index (χ3n) is 2.22. The van der Waals surface area contributed by atoms with Crippen molar-refractivity contribution in [3.05, 3.63) is 29.3 Å². The van der Waals surface area contributed by atoms with Gasteiger partial charge in [-0.3, -0.25) is 9.63 Å². The summed E-state index contributed by atoms with van der Waals surface area (Å²) in [6.07, 6.45) is 0. The number of hydrogen-bond acceptors (Lipinski definition) is 5. The Balaban J connectivity index is 2.89. The van der Waals surface area contributed by atoms with Crippen molar-refractivity contribution < 1.29 is 23.8 Å². The lowest BCUT2D eigenvalue weighted by Crippen LogP contribution is -2.23. The van der Waals surface area contributed by atoms with E-state index in [4.69, 9.17) is 14.2 Å². The van der Waals surface area contributed by atoms with Crippen molar-refractivity contribution in [2.24, 2.45) is 0 Å². The van der Waals surface area contributed by atoms with Gasteiger partial charge in [-0.15, -0.1) is 0 Å². The lowest BCUT2D eigenvalue weighted by Gasteiger charge is -2.11. The highest BCUT2D eigenvalue weighted by atomic mass is 16.7. The Bertz CT molecular complexity index is 394. The van der Waals surface area contributed by atoms with E-state index in [1.807, 2.05) is 0 Å². The van der Waals surface area contributed by atoms with Crippen LogP contribution in [0.2, 0.25) is 0 Å². The fourth-order valence-electron chi connectivity index (χ4n) is 1.40. The van der Waals surface area contributed by atoms with Gasteiger partial charge in [0.2, 0.25) is 0 Å². The van der Waals surface area contributed by atoms with Gasteiger partial charge in [-0.05, 0) is 17.7 Å². The second kappa shape index (κ2) is 7.65. The van der Waals surface area contributed by atoms with Gasteiger partial charge >= 0.3 is 0 Å². The third-order valence-corrected chi connectivity index (χ3v) is 2.22. The van der Waals surface area contributed by atoms with Crippen molar-refractivity contribution in [2.75, 3.05) is 28.1 Å². The average Bonchev–Trinajstić information content (AvgIpc) is 2.39. The van der Waals surface area contributed by atoms with Crippen LogP contribution in [-0.4, -0.2) is 34.0 Å². The Labute approximate surface area is 106 Å². The highest BCUT2D eigenvalue weighted by Gasteiger charge is 2.12. The van der Waals surface area contributed by atoms with E-state index in [2.05, 4.69) is 10.3 Å². The van der Waals surface area contributed by atoms with Crippen LogP contribution in [0.25, 0.3) is 0 Å². The van der Waals surface area contributed by atoms with Crippen molar-refractivity contribution in [2.45, 2.75) is 6.61 Å². The number of ether oxygens (including phenoxy) is 3. The number of carbonyl (C=O) groups excluding carboxylic acids is 1. The zero-order valence-electron chi connectivity index (χ0n) is 10.7. The second-order valence-electron chi connectivity index (χ2n) is 3.41. The zero-order chi connectivity index (χ0) is 13.4. The van der Waals surface area contributed by atoms with Gasteiger partial charge < -0.3 is 14.2 Å². The number of benzene rings is 1. The fraction of sp³-hybridized carbons (Fsp3) is 0.417. The number of hydroxylamine groups is 1. The smallest absolute Gasteiger partial charge is 0.275 e. The van der Waals surface area contributed by atoms with E-state index in [1.54, 1.807) is 18.2 Å². The maximum Gasteiger partial charge on any atom is 0.275 e. The van der Waals surface area contributed by atoms with Crippen molar-refractivity contribution in [3.63, 3.8) is 0 Å². The van der Waals surface area contributed by atoms with Crippen LogP contribution >= 0.6 is 0 Å². The maximum atomic E-state index is 11.8. The first kappa shape index (κ1) is 14.4. The van der Waals surface area contributed by atoms with Crippen LogP contribution < -0.4 is 10.2 Å². The van der Waals surface area contributed by atoms with E-state index in [9.17, 15) is 4.79 Å². The maximum absolute atomic E-state index is 11.8. The minimum Gasteiger partial charge on any atom is -0.497 e. The van der Waals surface area contributed by atoms with Gasteiger partial charge in [0, 0.05) is 7.11 Å². The number of methoxy groups -OCH3 is 2. The molecule has 1 aromatic rings. The van der Waals surface area contributed by atoms with Gasteiger partial charge in [0.1, 0.15) is 12.5 Å². The Morgan fingerprint density at radius 1 is 1.28 bits per heavy atom. The van der Waals surface area contributed by atoms with Gasteiger partial charge in [-0.25, -0.2) is 5.48 Å². The summed E-state index contributed by atoms with van der Waals surface area (Å²) in [6, 6.07) is 5.15. The summed E-state index contributed by atoms with van der Waals surface area (Å²) in [5, 5.41) is 0. The first-order valence-corrected chi connectivity index (χ1v) is 5.29. The fourth-order valence-corrected chi connectivity index (χ4v) is 1.40. The van der Waals surface area contributed by atoms with Gasteiger partial charge in [-0.2, -0.15) is 0 Å². The molecule has 0 fully saturated rings. The van der Waals surface area contributed by atoms with Crippen molar-refractivity contribution in [1.82, 2.24) is 5.48 Å². The van der Waals surface area contributed by atoms with Crippen LogP contribution in [0.1, 0.15) is 15.9 Å². The molecular weight excluding hydrogens is 238 g/mol. The van der Waals surface area contributed by atoms with Crippen LogP contribution in [0.4, 0.5) is 0 Å². The molecule has 0 saturated heterocycles. The molecular formula is C12H17NO5. The average molecular weight is 255 g/mol. The first-order valence-electron chi connectivity index (χ1n) is 5.29. The molecule has 1 rings (SSSR count). The molecule has 0 aromatic heterocycles. The van der Waals surface area contributed by atoms with Crippen molar-refractivity contribution >= 4 is 5.91 Å². The molecule has 1 N–H and O–H groups in total. The van der Waals surface area contributed by atoms with E-state index in [1.165, 1.54) is 21.3 Å². The summed E-state index contributed by atoms with van der Waals surface area (Å²) >= 11 is 0. The molecule has 18 heavy (non-hydrogen) atoms. The first-order chi connectivity index (χ1) is 8.72. The minimum atomic E-state index is -0.354. The van der Waals surface area contributed by atoms with Crippen LogP contribution in [-0.2, 0) is 20.9 Å². The van der Waals surface area contributed by atoms with Gasteiger partial charge in [0.25, 0.3) is 5.91 Å². The minimum absolute atomic E-state index is 0.164. The highest BCUT2D eigenvalue weighted by molar-refractivity contribution is 5.95. The quantitative estimate of drug-likeness (QED) is 0.449. The summed E-state index contributed by atoms with van der Waals surface area (Å²) in [4.78, 5) is 16.4. The van der Waals surface area contributed by atoms with Crippen LogP contribution in [0, 0.1) is 0 Å². The molecule has 0 atom stereocenters. The van der Waals surface area contributed by atoms with E-state index in [-0.39, 0.29) is 19.3 Å². The van der Waals surface area contributed by atoms with E-state index < -0.39 is 0 Å². The standard InChI is InChI=1S/C12H17NO5/c1-15-8-18-7-9-4-5-10(16-2)6-11(9)12(14)13-17-3/h4-6H,7-8H2,1-3H3,(H,13,14). The molecule has 0 heterocycles. The molecule has 100 valence electrons. The van der Waals surface area contributed by atoms with E-state index >= 15 is 0 Å². The molecule has 0 radical (unpaired) electrons. The summed E-state index contributed by atoms with van der Waals surface area (Å²) in [5.41, 5.74) is 3.42. The monoisotopic (exact) mass is 255 g/mol. The molecule has 0 spiro atoms. The number of rotatable bonds is 7. The largest absolute Gasteiger partial charge is 0.497 e. The van der Waals surface area contributed by atoms with E-state index in [0.29, 0.717) is 11.3 Å². The molecule has 6 nitrogen and oxygen atoms in total. The van der Waals surface area contributed by atoms with Crippen LogP contribution in [0.5, 0.6) is 5.75 Å². The highest BCUT2D eigenvalue weighted by Crippen LogP contribution is 2.18. The van der Waals surface area contributed by atoms with Crippen LogP contribution in [0.15, 0.2) is 18.2 Å². The molecule has 6 heteroatoms. The predicted octanol–water partition coefficient (Wildman–Crippen LogP) is 1.11. The molecule has 1 amide bonds. The summed E-state index contributed by atoms with van der Waals surface area (Å²) in [7, 11) is 4.44. The molecule has 0 aliphatic heterocycles. The summed E-state index contributed by atoms with van der Waals surface area (Å²) in [5.74, 6) is 0.235. The SMILES string of the molecule is COCOCc1ccc(OC)cc1C(=O)NOC. The molecule has 0 bridgehead atoms. The number of hydrogen-bond donors (Lipinski definition) is 1. The Morgan fingerprint density at radius 2 is 2.06 bits per heavy atom. The van der Waals surface area contributed by atoms with Crippen molar-refractivity contribution in [3.8, 4) is 5.75 Å². The molecule has 0 aliphatic rings. The predicted molar refractivity (Wildman–Crippen MR) is 64.1 cm³/mol. The molecule has 1 aromatic carbocycles. The zero-order valence-corrected chi connectivity index (χ0v) is 10.7. The Hall–Kier alpha value is -1.63. The molecule has 0 aliphatic carbocycles. The normalized spacial score (nSPS) is 10.2. The van der Waals surface area contributed by atoms with Gasteiger partial charge in [0.05, 0.1) is 26.4 Å². The Morgan fingerprint density at radius 3 is 2.67 bits per heavy atom. The third kappa shape index (κ3) is 3.99. The number of amides is 1. The van der Waals surface area contributed by atoms with Gasteiger partial charge in [0.15, 0.2) is 0 Å². The second-order valence-corrected chi connectivity index (χ2v) is 3.41. The molecule has 0 saturated carbocycles. The van der Waals surface area contributed by atoms with E-state index in [0.717, 1.165) is 5.56 Å². The Kier molecular flexibility index (Phi) is 6.13.